The van der Waals surface area contributed by atoms with Crippen LogP contribution in [0.1, 0.15) is 10.7 Å². The van der Waals surface area contributed by atoms with Gasteiger partial charge in [-0.15, -0.1) is 0 Å². The number of esters is 1. The molecule has 0 saturated carbocycles. The number of benzene rings is 1. The van der Waals surface area contributed by atoms with Crippen LogP contribution in [0.3, 0.4) is 0 Å². The van der Waals surface area contributed by atoms with E-state index in [1.54, 1.807) is 0 Å². The molecule has 0 aliphatic rings. The lowest BCUT2D eigenvalue weighted by molar-refractivity contribution is 0.0545. The zero-order valence-electron chi connectivity index (χ0n) is 8.61. The van der Waals surface area contributed by atoms with Crippen LogP contribution in [0, 0.1) is 11.6 Å². The maximum Gasteiger partial charge on any atom is 0.397 e. The molecule has 0 bridgehead atoms. The van der Waals surface area contributed by atoms with E-state index in [1.807, 2.05) is 0 Å². The molecule has 0 saturated heterocycles. The number of hydrogen-bond acceptors (Lipinski definition) is 5. The number of hydrogen-bond donors (Lipinski definition) is 0. The van der Waals surface area contributed by atoms with E-state index >= 15 is 0 Å². The fourth-order valence-corrected chi connectivity index (χ4v) is 1.17. The molecule has 0 aliphatic carbocycles. The zero-order valence-corrected chi connectivity index (χ0v) is 8.61. The van der Waals surface area contributed by atoms with E-state index in [1.165, 1.54) is 0 Å². The first-order chi connectivity index (χ1) is 8.11. The molecule has 0 amide bonds. The van der Waals surface area contributed by atoms with Gasteiger partial charge in [0.25, 0.3) is 0 Å². The molecule has 0 unspecified atom stereocenters. The summed E-state index contributed by atoms with van der Waals surface area (Å²) >= 11 is 0. The second-order valence-corrected chi connectivity index (χ2v) is 3.04. The van der Waals surface area contributed by atoms with Crippen LogP contribution in [0.2, 0.25) is 0 Å². The molecule has 1 aromatic carbocycles. The third kappa shape index (κ3) is 2.12. The summed E-state index contributed by atoms with van der Waals surface area (Å²) in [7, 11) is 1.14. The number of carbonyl (C=O) groups excluding carboxylic acids is 1. The first-order valence-corrected chi connectivity index (χ1v) is 4.49. The largest absolute Gasteiger partial charge is 0.462 e. The van der Waals surface area contributed by atoms with E-state index in [0.29, 0.717) is 6.07 Å². The van der Waals surface area contributed by atoms with Gasteiger partial charge in [0.05, 0.1) is 12.7 Å². The highest BCUT2D eigenvalue weighted by atomic mass is 19.1. The molecule has 88 valence electrons. The Kier molecular flexibility index (Phi) is 2.82. The minimum Gasteiger partial charge on any atom is -0.462 e. The SMILES string of the molecule is COC(=O)c1nc(-c2ccc(F)cc2F)no1. The molecular weight excluding hydrogens is 234 g/mol. The first kappa shape index (κ1) is 11.2. The average molecular weight is 240 g/mol. The fraction of sp³-hybridized carbons (Fsp3) is 0.100. The monoisotopic (exact) mass is 240 g/mol. The Morgan fingerprint density at radius 2 is 2.18 bits per heavy atom. The number of ether oxygens (including phenoxy) is 1. The third-order valence-electron chi connectivity index (χ3n) is 1.96. The topological polar surface area (TPSA) is 65.2 Å². The highest BCUT2D eigenvalue weighted by Crippen LogP contribution is 2.20. The van der Waals surface area contributed by atoms with Crippen LogP contribution in [0.15, 0.2) is 22.7 Å². The standard InChI is InChI=1S/C10H6F2N2O3/c1-16-10(15)9-13-8(14-17-9)6-3-2-5(11)4-7(6)12/h2-4H,1H3. The van der Waals surface area contributed by atoms with E-state index in [2.05, 4.69) is 19.4 Å². The Balaban J connectivity index is 2.40. The summed E-state index contributed by atoms with van der Waals surface area (Å²) in [6, 6.07) is 2.88. The third-order valence-corrected chi connectivity index (χ3v) is 1.96. The highest BCUT2D eigenvalue weighted by molar-refractivity contribution is 5.84. The van der Waals surface area contributed by atoms with Gasteiger partial charge in [0.2, 0.25) is 5.82 Å². The van der Waals surface area contributed by atoms with Gasteiger partial charge in [-0.2, -0.15) is 4.98 Å². The molecule has 0 spiro atoms. The highest BCUT2D eigenvalue weighted by Gasteiger charge is 2.18. The second kappa shape index (κ2) is 4.28. The number of carbonyl (C=O) groups is 1. The molecule has 0 atom stereocenters. The zero-order chi connectivity index (χ0) is 12.4. The van der Waals surface area contributed by atoms with E-state index in [9.17, 15) is 13.6 Å². The van der Waals surface area contributed by atoms with Gasteiger partial charge < -0.3 is 9.26 Å². The van der Waals surface area contributed by atoms with Crippen molar-refractivity contribution in [2.75, 3.05) is 7.11 Å². The van der Waals surface area contributed by atoms with E-state index in [4.69, 9.17) is 0 Å². The Morgan fingerprint density at radius 3 is 2.82 bits per heavy atom. The van der Waals surface area contributed by atoms with Crippen LogP contribution in [-0.2, 0) is 4.74 Å². The molecule has 5 nitrogen and oxygen atoms in total. The summed E-state index contributed by atoms with van der Waals surface area (Å²) in [5, 5.41) is 3.40. The summed E-state index contributed by atoms with van der Waals surface area (Å²) in [6.07, 6.45) is 0. The molecule has 0 N–H and O–H groups in total. The van der Waals surface area contributed by atoms with Gasteiger partial charge in [-0.1, -0.05) is 5.16 Å². The van der Waals surface area contributed by atoms with Crippen molar-refractivity contribution in [2.24, 2.45) is 0 Å². The molecular formula is C10H6F2N2O3. The number of aromatic nitrogens is 2. The van der Waals surface area contributed by atoms with Crippen LogP contribution < -0.4 is 0 Å². The van der Waals surface area contributed by atoms with Crippen molar-refractivity contribution in [1.82, 2.24) is 10.1 Å². The predicted molar refractivity (Wildman–Crippen MR) is 51.0 cm³/mol. The normalized spacial score (nSPS) is 10.3. The number of nitrogens with zero attached hydrogens (tertiary/aromatic N) is 2. The minimum absolute atomic E-state index is 0.0645. The molecule has 0 aliphatic heterocycles. The van der Waals surface area contributed by atoms with Gasteiger partial charge in [0.1, 0.15) is 11.6 Å². The number of halogens is 2. The summed E-state index contributed by atoms with van der Waals surface area (Å²) in [6.45, 7) is 0. The summed E-state index contributed by atoms with van der Waals surface area (Å²) in [4.78, 5) is 14.7. The van der Waals surface area contributed by atoms with Crippen molar-refractivity contribution in [3.05, 3.63) is 35.7 Å². The average Bonchev–Trinajstić information content (AvgIpc) is 2.77. The second-order valence-electron chi connectivity index (χ2n) is 3.04. The molecule has 2 rings (SSSR count). The van der Waals surface area contributed by atoms with Crippen molar-refractivity contribution in [2.45, 2.75) is 0 Å². The van der Waals surface area contributed by atoms with E-state index < -0.39 is 23.5 Å². The van der Waals surface area contributed by atoms with Crippen LogP contribution in [0.25, 0.3) is 11.4 Å². The van der Waals surface area contributed by atoms with Crippen molar-refractivity contribution in [3.63, 3.8) is 0 Å². The number of rotatable bonds is 2. The van der Waals surface area contributed by atoms with Gasteiger partial charge in [-0.3, -0.25) is 0 Å². The van der Waals surface area contributed by atoms with Gasteiger partial charge in [-0.05, 0) is 12.1 Å². The van der Waals surface area contributed by atoms with E-state index in [0.717, 1.165) is 19.2 Å². The van der Waals surface area contributed by atoms with E-state index in [-0.39, 0.29) is 11.4 Å². The lowest BCUT2D eigenvalue weighted by Gasteiger charge is -1.96. The van der Waals surface area contributed by atoms with Gasteiger partial charge in [0.15, 0.2) is 0 Å². The molecule has 0 fully saturated rings. The first-order valence-electron chi connectivity index (χ1n) is 4.49. The van der Waals surface area contributed by atoms with Crippen molar-refractivity contribution >= 4 is 5.97 Å². The lowest BCUT2D eigenvalue weighted by atomic mass is 10.2. The maximum absolute atomic E-state index is 13.4. The Bertz CT molecular complexity index is 568. The minimum atomic E-state index is -0.845. The Morgan fingerprint density at radius 1 is 1.41 bits per heavy atom. The van der Waals surface area contributed by atoms with Crippen LogP contribution in [0.5, 0.6) is 0 Å². The van der Waals surface area contributed by atoms with Crippen LogP contribution >= 0.6 is 0 Å². The summed E-state index contributed by atoms with van der Waals surface area (Å²) < 4.78 is 34.9. The smallest absolute Gasteiger partial charge is 0.397 e. The van der Waals surface area contributed by atoms with Crippen molar-refractivity contribution < 1.29 is 22.8 Å². The molecule has 1 aromatic heterocycles. The molecule has 0 radical (unpaired) electrons. The molecule has 7 heteroatoms. The van der Waals surface area contributed by atoms with Gasteiger partial charge in [-0.25, -0.2) is 13.6 Å². The fourth-order valence-electron chi connectivity index (χ4n) is 1.17. The maximum atomic E-state index is 13.4. The van der Waals surface area contributed by atoms with Crippen LogP contribution in [-0.4, -0.2) is 23.2 Å². The van der Waals surface area contributed by atoms with Gasteiger partial charge >= 0.3 is 11.9 Å². The van der Waals surface area contributed by atoms with Crippen molar-refractivity contribution in [3.8, 4) is 11.4 Å². The quantitative estimate of drug-likeness (QED) is 0.749. The molecule has 17 heavy (non-hydrogen) atoms. The van der Waals surface area contributed by atoms with Gasteiger partial charge in [0, 0.05) is 6.07 Å². The molecule has 2 aromatic rings. The molecule has 1 heterocycles. The summed E-state index contributed by atoms with van der Waals surface area (Å²) in [5.74, 6) is -2.94. The van der Waals surface area contributed by atoms with Crippen LogP contribution in [0.4, 0.5) is 8.78 Å². The Hall–Kier alpha value is -2.31. The Labute approximate surface area is 94.0 Å². The summed E-state index contributed by atoms with van der Waals surface area (Å²) in [5.41, 5.74) is -0.0645. The number of methoxy groups -OCH3 is 1. The lowest BCUT2D eigenvalue weighted by Crippen LogP contribution is -2.01. The van der Waals surface area contributed by atoms with Crippen molar-refractivity contribution in [1.29, 1.82) is 0 Å². The predicted octanol–water partition coefficient (Wildman–Crippen LogP) is 1.80.